The van der Waals surface area contributed by atoms with Crippen molar-refractivity contribution < 1.29 is 24.2 Å². The zero-order chi connectivity index (χ0) is 11.8. The molecule has 0 aliphatic rings. The Hall–Kier alpha value is -1.10. The topological polar surface area (TPSA) is 72.8 Å². The van der Waals surface area contributed by atoms with Crippen molar-refractivity contribution in [3.05, 3.63) is 0 Å². The molecule has 0 spiro atoms. The summed E-state index contributed by atoms with van der Waals surface area (Å²) in [6.45, 7) is 4.07. The first kappa shape index (κ1) is 13.9. The van der Waals surface area contributed by atoms with Gasteiger partial charge in [0.25, 0.3) is 0 Å². The molecule has 2 atom stereocenters. The number of carbonyl (C=O) groups excluding carboxylic acids is 1. The van der Waals surface area contributed by atoms with E-state index in [9.17, 15) is 9.59 Å². The second kappa shape index (κ2) is 7.23. The minimum Gasteiger partial charge on any atom is -0.481 e. The lowest BCUT2D eigenvalue weighted by Crippen LogP contribution is -2.29. The van der Waals surface area contributed by atoms with Crippen LogP contribution in [0.2, 0.25) is 0 Å². The highest BCUT2D eigenvalue weighted by Gasteiger charge is 2.28. The monoisotopic (exact) mass is 218 g/mol. The Bertz CT molecular complexity index is 214. The maximum atomic E-state index is 11.5. The molecule has 0 bridgehead atoms. The van der Waals surface area contributed by atoms with E-state index in [1.165, 1.54) is 7.11 Å². The Morgan fingerprint density at radius 1 is 1.40 bits per heavy atom. The lowest BCUT2D eigenvalue weighted by molar-refractivity contribution is -0.155. The molecule has 0 rings (SSSR count). The molecule has 0 aromatic heterocycles. The average Bonchev–Trinajstić information content (AvgIpc) is 2.14. The van der Waals surface area contributed by atoms with Crippen LogP contribution in [-0.2, 0) is 19.1 Å². The molecule has 0 radical (unpaired) electrons. The van der Waals surface area contributed by atoms with Crippen LogP contribution in [0.1, 0.15) is 20.3 Å². The van der Waals surface area contributed by atoms with Gasteiger partial charge < -0.3 is 14.6 Å². The quantitative estimate of drug-likeness (QED) is 0.643. The molecular weight excluding hydrogens is 200 g/mol. The summed E-state index contributed by atoms with van der Waals surface area (Å²) in [5.74, 6) is -2.27. The van der Waals surface area contributed by atoms with Gasteiger partial charge in [-0.05, 0) is 12.8 Å². The summed E-state index contributed by atoms with van der Waals surface area (Å²) < 4.78 is 9.71. The highest BCUT2D eigenvalue weighted by atomic mass is 16.5. The van der Waals surface area contributed by atoms with Crippen molar-refractivity contribution in [3.8, 4) is 0 Å². The van der Waals surface area contributed by atoms with Crippen molar-refractivity contribution in [1.29, 1.82) is 0 Å². The smallest absolute Gasteiger partial charge is 0.309 e. The molecule has 0 aliphatic carbocycles. The van der Waals surface area contributed by atoms with Gasteiger partial charge in [-0.25, -0.2) is 0 Å². The standard InChI is InChI=1S/C10H18O5/c1-4-15-10(13)8(5-9(11)12)7(2)6-14-3/h7-8H,4-6H2,1-3H3,(H,11,12). The minimum absolute atomic E-state index is 0.162. The van der Waals surface area contributed by atoms with E-state index >= 15 is 0 Å². The first-order chi connectivity index (χ1) is 7.02. The number of carbonyl (C=O) groups is 2. The normalized spacial score (nSPS) is 14.3. The van der Waals surface area contributed by atoms with E-state index in [4.69, 9.17) is 14.6 Å². The van der Waals surface area contributed by atoms with Crippen LogP contribution in [0.4, 0.5) is 0 Å². The van der Waals surface area contributed by atoms with Gasteiger partial charge in [-0.15, -0.1) is 0 Å². The summed E-state index contributed by atoms with van der Waals surface area (Å²) in [6.07, 6.45) is -0.219. The Balaban J connectivity index is 4.41. The molecule has 0 aliphatic heterocycles. The second-order valence-corrected chi connectivity index (χ2v) is 3.39. The molecule has 0 aromatic carbocycles. The molecule has 15 heavy (non-hydrogen) atoms. The minimum atomic E-state index is -1.00. The number of ether oxygens (including phenoxy) is 2. The Morgan fingerprint density at radius 3 is 2.40 bits per heavy atom. The molecule has 2 unspecified atom stereocenters. The average molecular weight is 218 g/mol. The van der Waals surface area contributed by atoms with E-state index < -0.39 is 17.9 Å². The number of carboxylic acid groups (broad SMARTS) is 1. The number of methoxy groups -OCH3 is 1. The third-order valence-electron chi connectivity index (χ3n) is 2.10. The largest absolute Gasteiger partial charge is 0.481 e. The molecule has 1 N–H and O–H groups in total. The number of carboxylic acids is 1. The van der Waals surface area contributed by atoms with Crippen LogP contribution in [0, 0.1) is 11.8 Å². The molecule has 0 saturated heterocycles. The Kier molecular flexibility index (Phi) is 6.70. The molecule has 0 heterocycles. The lowest BCUT2D eigenvalue weighted by Gasteiger charge is -2.19. The van der Waals surface area contributed by atoms with E-state index in [1.807, 2.05) is 0 Å². The Labute approximate surface area is 89.4 Å². The maximum absolute atomic E-state index is 11.5. The van der Waals surface area contributed by atoms with Crippen LogP contribution in [0.3, 0.4) is 0 Å². The highest BCUT2D eigenvalue weighted by molar-refractivity contribution is 5.79. The molecule has 5 nitrogen and oxygen atoms in total. The molecule has 5 heteroatoms. The van der Waals surface area contributed by atoms with Gasteiger partial charge in [-0.3, -0.25) is 9.59 Å². The summed E-state index contributed by atoms with van der Waals surface area (Å²) in [7, 11) is 1.51. The van der Waals surface area contributed by atoms with Gasteiger partial charge in [0, 0.05) is 13.7 Å². The van der Waals surface area contributed by atoms with Gasteiger partial charge in [0.1, 0.15) is 0 Å². The van der Waals surface area contributed by atoms with E-state index in [0.717, 1.165) is 0 Å². The first-order valence-electron chi connectivity index (χ1n) is 4.90. The van der Waals surface area contributed by atoms with Crippen LogP contribution in [0.15, 0.2) is 0 Å². The van der Waals surface area contributed by atoms with Gasteiger partial charge in [0.05, 0.1) is 18.9 Å². The van der Waals surface area contributed by atoms with Crippen molar-refractivity contribution in [2.45, 2.75) is 20.3 Å². The molecule has 88 valence electrons. The summed E-state index contributed by atoms with van der Waals surface area (Å²) in [5.41, 5.74) is 0. The summed E-state index contributed by atoms with van der Waals surface area (Å²) in [5, 5.41) is 8.67. The van der Waals surface area contributed by atoms with Crippen molar-refractivity contribution >= 4 is 11.9 Å². The fourth-order valence-electron chi connectivity index (χ4n) is 1.33. The summed E-state index contributed by atoms with van der Waals surface area (Å²) in [4.78, 5) is 22.0. The molecule has 0 amide bonds. The SMILES string of the molecule is CCOC(=O)C(CC(=O)O)C(C)COC. The Morgan fingerprint density at radius 2 is 2.00 bits per heavy atom. The fourth-order valence-corrected chi connectivity index (χ4v) is 1.33. The van der Waals surface area contributed by atoms with E-state index in [1.54, 1.807) is 13.8 Å². The van der Waals surface area contributed by atoms with Crippen LogP contribution in [0.5, 0.6) is 0 Å². The van der Waals surface area contributed by atoms with Crippen molar-refractivity contribution in [3.63, 3.8) is 0 Å². The predicted octanol–water partition coefficient (Wildman–Crippen LogP) is 0.923. The highest BCUT2D eigenvalue weighted by Crippen LogP contribution is 2.18. The molecule has 0 aromatic rings. The number of hydrogen-bond acceptors (Lipinski definition) is 4. The van der Waals surface area contributed by atoms with Crippen LogP contribution in [0.25, 0.3) is 0 Å². The lowest BCUT2D eigenvalue weighted by atomic mass is 9.91. The molecule has 0 saturated carbocycles. The van der Waals surface area contributed by atoms with Gasteiger partial charge in [0.2, 0.25) is 0 Å². The van der Waals surface area contributed by atoms with E-state index in [-0.39, 0.29) is 18.9 Å². The number of esters is 1. The maximum Gasteiger partial charge on any atom is 0.309 e. The zero-order valence-electron chi connectivity index (χ0n) is 9.36. The molecular formula is C10H18O5. The van der Waals surface area contributed by atoms with Gasteiger partial charge in [-0.2, -0.15) is 0 Å². The van der Waals surface area contributed by atoms with Crippen LogP contribution >= 0.6 is 0 Å². The predicted molar refractivity (Wildman–Crippen MR) is 53.4 cm³/mol. The summed E-state index contributed by atoms with van der Waals surface area (Å²) >= 11 is 0. The van der Waals surface area contributed by atoms with E-state index in [0.29, 0.717) is 6.61 Å². The fraction of sp³-hybridized carbons (Fsp3) is 0.800. The van der Waals surface area contributed by atoms with Crippen molar-refractivity contribution in [2.75, 3.05) is 20.3 Å². The first-order valence-corrected chi connectivity index (χ1v) is 4.90. The van der Waals surface area contributed by atoms with Gasteiger partial charge >= 0.3 is 11.9 Å². The number of aliphatic carboxylic acids is 1. The zero-order valence-corrected chi connectivity index (χ0v) is 9.36. The number of rotatable bonds is 7. The van der Waals surface area contributed by atoms with Gasteiger partial charge in [0.15, 0.2) is 0 Å². The summed E-state index contributed by atoms with van der Waals surface area (Å²) in [6, 6.07) is 0. The molecule has 0 fully saturated rings. The van der Waals surface area contributed by atoms with E-state index in [2.05, 4.69) is 0 Å². The van der Waals surface area contributed by atoms with Gasteiger partial charge in [-0.1, -0.05) is 6.92 Å². The van der Waals surface area contributed by atoms with Crippen molar-refractivity contribution in [1.82, 2.24) is 0 Å². The van der Waals surface area contributed by atoms with Crippen molar-refractivity contribution in [2.24, 2.45) is 11.8 Å². The van der Waals surface area contributed by atoms with Crippen LogP contribution < -0.4 is 0 Å². The van der Waals surface area contributed by atoms with Crippen LogP contribution in [-0.4, -0.2) is 37.4 Å². The third-order valence-corrected chi connectivity index (χ3v) is 2.10. The second-order valence-electron chi connectivity index (χ2n) is 3.39. The number of hydrogen-bond donors (Lipinski definition) is 1. The third kappa shape index (κ3) is 5.37.